The molecule has 0 saturated carbocycles. The first-order valence-corrected chi connectivity index (χ1v) is 10.8. The van der Waals surface area contributed by atoms with E-state index in [-0.39, 0.29) is 24.0 Å². The molecule has 0 aliphatic carbocycles. The fourth-order valence-corrected chi connectivity index (χ4v) is 3.09. The molecular weight excluding hydrogens is 404 g/mol. The maximum atomic E-state index is 12.2. The average Bonchev–Trinajstić information content (AvgIpc) is 2.70. The van der Waals surface area contributed by atoms with E-state index < -0.39 is 11.8 Å². The van der Waals surface area contributed by atoms with Crippen molar-refractivity contribution in [3.8, 4) is 11.5 Å². The lowest BCUT2D eigenvalue weighted by Crippen LogP contribution is -2.45. The summed E-state index contributed by atoms with van der Waals surface area (Å²) in [5.74, 6) is 0.391. The van der Waals surface area contributed by atoms with E-state index in [1.807, 2.05) is 38.1 Å². The zero-order chi connectivity index (χ0) is 24.1. The van der Waals surface area contributed by atoms with Gasteiger partial charge in [0, 0.05) is 0 Å². The predicted octanol–water partition coefficient (Wildman–Crippen LogP) is 4.50. The second-order valence-electron chi connectivity index (χ2n) is 10.1. The Balaban J connectivity index is 1.90. The SMILES string of the molecule is Cc1cccc(OCC(=O)NNC(=O)COc2ccc(C(C)(C)C)cc2C(C)(C)C)c1C. The Kier molecular flexibility index (Phi) is 7.94. The smallest absolute Gasteiger partial charge is 0.276 e. The Morgan fingerprint density at radius 2 is 1.34 bits per heavy atom. The quantitative estimate of drug-likeness (QED) is 0.648. The molecule has 0 radical (unpaired) electrons. The first-order valence-electron chi connectivity index (χ1n) is 10.8. The Morgan fingerprint density at radius 3 is 1.88 bits per heavy atom. The lowest BCUT2D eigenvalue weighted by atomic mass is 9.80. The number of amides is 2. The Bertz CT molecular complexity index is 969. The summed E-state index contributed by atoms with van der Waals surface area (Å²) in [6.45, 7) is 16.3. The molecule has 0 unspecified atom stereocenters. The Labute approximate surface area is 191 Å². The zero-order valence-corrected chi connectivity index (χ0v) is 20.5. The molecule has 2 amide bonds. The molecule has 0 heterocycles. The van der Waals surface area contributed by atoms with Crippen molar-refractivity contribution in [3.05, 3.63) is 58.7 Å². The fourth-order valence-electron chi connectivity index (χ4n) is 3.09. The summed E-state index contributed by atoms with van der Waals surface area (Å²) in [6, 6.07) is 11.7. The number of carbonyl (C=O) groups excluding carboxylic acids is 2. The van der Waals surface area contributed by atoms with Crippen LogP contribution in [0.15, 0.2) is 36.4 Å². The van der Waals surface area contributed by atoms with Gasteiger partial charge in [-0.1, -0.05) is 65.8 Å². The number of hydrogen-bond acceptors (Lipinski definition) is 4. The minimum atomic E-state index is -0.454. The van der Waals surface area contributed by atoms with Gasteiger partial charge in [0.2, 0.25) is 0 Å². The molecule has 0 spiro atoms. The van der Waals surface area contributed by atoms with Crippen LogP contribution in [0.4, 0.5) is 0 Å². The van der Waals surface area contributed by atoms with Gasteiger partial charge >= 0.3 is 0 Å². The van der Waals surface area contributed by atoms with Crippen molar-refractivity contribution in [2.24, 2.45) is 0 Å². The summed E-state index contributed by atoms with van der Waals surface area (Å²) < 4.78 is 11.3. The van der Waals surface area contributed by atoms with E-state index in [2.05, 4.69) is 58.5 Å². The van der Waals surface area contributed by atoms with Crippen molar-refractivity contribution >= 4 is 11.8 Å². The number of carbonyl (C=O) groups is 2. The molecule has 2 N–H and O–H groups in total. The number of benzene rings is 2. The van der Waals surface area contributed by atoms with Crippen molar-refractivity contribution in [2.75, 3.05) is 13.2 Å². The molecule has 0 aromatic heterocycles. The Hall–Kier alpha value is -3.02. The van der Waals surface area contributed by atoms with Crippen LogP contribution in [-0.2, 0) is 20.4 Å². The van der Waals surface area contributed by atoms with Crippen LogP contribution < -0.4 is 20.3 Å². The van der Waals surface area contributed by atoms with Crippen LogP contribution in [0.1, 0.15) is 63.8 Å². The van der Waals surface area contributed by atoms with Gasteiger partial charge in [-0.05, 0) is 59.1 Å². The van der Waals surface area contributed by atoms with Gasteiger partial charge in [0.1, 0.15) is 11.5 Å². The van der Waals surface area contributed by atoms with Gasteiger partial charge in [0.05, 0.1) is 0 Å². The van der Waals surface area contributed by atoms with Crippen molar-refractivity contribution in [1.29, 1.82) is 0 Å². The number of nitrogens with one attached hydrogen (secondary N) is 2. The highest BCUT2D eigenvalue weighted by molar-refractivity contribution is 5.83. The average molecular weight is 441 g/mol. The standard InChI is InChI=1S/C26H36N2O4/c1-17-10-9-11-21(18(17)2)31-15-23(29)27-28-24(30)16-32-22-13-12-19(25(3,4)5)14-20(22)26(6,7)8/h9-14H,15-16H2,1-8H3,(H,27,29)(H,28,30). The third-order valence-corrected chi connectivity index (χ3v) is 5.27. The van der Waals surface area contributed by atoms with Gasteiger partial charge in [-0.25, -0.2) is 0 Å². The van der Waals surface area contributed by atoms with E-state index >= 15 is 0 Å². The molecule has 2 aromatic carbocycles. The highest BCUT2D eigenvalue weighted by Gasteiger charge is 2.23. The highest BCUT2D eigenvalue weighted by Crippen LogP contribution is 2.35. The van der Waals surface area contributed by atoms with E-state index in [4.69, 9.17) is 9.47 Å². The molecule has 6 nitrogen and oxygen atoms in total. The maximum absolute atomic E-state index is 12.2. The topological polar surface area (TPSA) is 76.7 Å². The van der Waals surface area contributed by atoms with Crippen molar-refractivity contribution in [3.63, 3.8) is 0 Å². The molecule has 6 heteroatoms. The predicted molar refractivity (Wildman–Crippen MR) is 127 cm³/mol. The molecule has 0 atom stereocenters. The monoisotopic (exact) mass is 440 g/mol. The summed E-state index contributed by atoms with van der Waals surface area (Å²) in [4.78, 5) is 24.2. The summed E-state index contributed by atoms with van der Waals surface area (Å²) >= 11 is 0. The van der Waals surface area contributed by atoms with Crippen molar-refractivity contribution in [1.82, 2.24) is 10.9 Å². The van der Waals surface area contributed by atoms with Crippen LogP contribution in [0, 0.1) is 13.8 Å². The van der Waals surface area contributed by atoms with Crippen LogP contribution in [0.2, 0.25) is 0 Å². The van der Waals surface area contributed by atoms with Gasteiger partial charge in [0.15, 0.2) is 13.2 Å². The molecule has 0 fully saturated rings. The summed E-state index contributed by atoms with van der Waals surface area (Å²) in [5.41, 5.74) is 8.88. The van der Waals surface area contributed by atoms with Crippen LogP contribution in [-0.4, -0.2) is 25.0 Å². The summed E-state index contributed by atoms with van der Waals surface area (Å²) in [6.07, 6.45) is 0. The Morgan fingerprint density at radius 1 is 0.781 bits per heavy atom. The third kappa shape index (κ3) is 7.01. The van der Waals surface area contributed by atoms with E-state index in [1.54, 1.807) is 6.07 Å². The van der Waals surface area contributed by atoms with Crippen LogP contribution >= 0.6 is 0 Å². The summed E-state index contributed by atoms with van der Waals surface area (Å²) in [5, 5.41) is 0. The molecule has 2 aromatic rings. The molecule has 0 saturated heterocycles. The molecule has 32 heavy (non-hydrogen) atoms. The maximum Gasteiger partial charge on any atom is 0.276 e. The lowest BCUT2D eigenvalue weighted by molar-refractivity contribution is -0.131. The number of hydrazine groups is 1. The molecular formula is C26H36N2O4. The fraction of sp³-hybridized carbons (Fsp3) is 0.462. The second kappa shape index (κ2) is 10.1. The van der Waals surface area contributed by atoms with E-state index in [9.17, 15) is 9.59 Å². The van der Waals surface area contributed by atoms with Crippen molar-refractivity contribution in [2.45, 2.75) is 66.2 Å². The van der Waals surface area contributed by atoms with Crippen LogP contribution in [0.25, 0.3) is 0 Å². The number of ether oxygens (including phenoxy) is 2. The molecule has 174 valence electrons. The number of rotatable bonds is 6. The first kappa shape index (κ1) is 25.2. The third-order valence-electron chi connectivity index (χ3n) is 5.27. The zero-order valence-electron chi connectivity index (χ0n) is 20.5. The number of hydrogen-bond donors (Lipinski definition) is 2. The minimum absolute atomic E-state index is 0.0131. The van der Waals surface area contributed by atoms with E-state index in [1.165, 1.54) is 5.56 Å². The minimum Gasteiger partial charge on any atom is -0.483 e. The highest BCUT2D eigenvalue weighted by atomic mass is 16.5. The van der Waals surface area contributed by atoms with Gasteiger partial charge in [-0.2, -0.15) is 0 Å². The lowest BCUT2D eigenvalue weighted by Gasteiger charge is -2.27. The van der Waals surface area contributed by atoms with Gasteiger partial charge in [0.25, 0.3) is 11.8 Å². The molecule has 2 rings (SSSR count). The van der Waals surface area contributed by atoms with Crippen LogP contribution in [0.5, 0.6) is 11.5 Å². The van der Waals surface area contributed by atoms with Gasteiger partial charge in [-0.3, -0.25) is 20.4 Å². The summed E-state index contributed by atoms with van der Waals surface area (Å²) in [7, 11) is 0. The van der Waals surface area contributed by atoms with Gasteiger partial charge < -0.3 is 9.47 Å². The number of aryl methyl sites for hydroxylation is 1. The molecule has 0 bridgehead atoms. The van der Waals surface area contributed by atoms with E-state index in [0.29, 0.717) is 11.5 Å². The second-order valence-corrected chi connectivity index (χ2v) is 10.1. The van der Waals surface area contributed by atoms with E-state index in [0.717, 1.165) is 16.7 Å². The molecule has 0 aliphatic rings. The van der Waals surface area contributed by atoms with Gasteiger partial charge in [-0.15, -0.1) is 0 Å². The molecule has 0 aliphatic heterocycles. The van der Waals surface area contributed by atoms with Crippen LogP contribution in [0.3, 0.4) is 0 Å². The normalized spacial score (nSPS) is 11.6. The first-order chi connectivity index (χ1) is 14.8. The van der Waals surface area contributed by atoms with Crippen molar-refractivity contribution < 1.29 is 19.1 Å². The largest absolute Gasteiger partial charge is 0.483 e.